The Bertz CT molecular complexity index is 405. The number of hydrogen-bond donors (Lipinski definition) is 2. The van der Waals surface area contributed by atoms with E-state index in [1.807, 2.05) is 0 Å². The number of ether oxygens (including phenoxy) is 1. The van der Waals surface area contributed by atoms with Crippen molar-refractivity contribution in [2.24, 2.45) is 5.73 Å². The van der Waals surface area contributed by atoms with Crippen molar-refractivity contribution >= 4 is 17.5 Å². The van der Waals surface area contributed by atoms with Crippen LogP contribution in [0.5, 0.6) is 5.88 Å². The first-order chi connectivity index (χ1) is 6.68. The average molecular weight is 192 g/mol. The summed E-state index contributed by atoms with van der Waals surface area (Å²) in [7, 11) is 0. The summed E-state index contributed by atoms with van der Waals surface area (Å²) in [6.07, 6.45) is 0.0614. The zero-order valence-corrected chi connectivity index (χ0v) is 6.98. The van der Waals surface area contributed by atoms with Crippen LogP contribution < -0.4 is 15.8 Å². The first kappa shape index (κ1) is 8.49. The van der Waals surface area contributed by atoms with Crippen LogP contribution in [-0.2, 0) is 9.59 Å². The summed E-state index contributed by atoms with van der Waals surface area (Å²) in [5, 5.41) is 2.43. The summed E-state index contributed by atoms with van der Waals surface area (Å²) in [6, 6.07) is 4.16. The van der Waals surface area contributed by atoms with E-state index in [2.05, 4.69) is 16.4 Å². The Morgan fingerprint density at radius 2 is 2.50 bits per heavy atom. The van der Waals surface area contributed by atoms with E-state index in [9.17, 15) is 9.59 Å². The molecule has 0 spiro atoms. The molecular formula is C8H6N3O3. The molecule has 1 atom stereocenters. The van der Waals surface area contributed by atoms with Crippen molar-refractivity contribution in [1.82, 2.24) is 4.98 Å². The van der Waals surface area contributed by atoms with E-state index < -0.39 is 17.9 Å². The molecule has 0 saturated carbocycles. The van der Waals surface area contributed by atoms with Crippen LogP contribution >= 0.6 is 0 Å². The Morgan fingerprint density at radius 1 is 1.71 bits per heavy atom. The molecule has 1 aromatic rings. The predicted octanol–water partition coefficient (Wildman–Crippen LogP) is -0.933. The number of fused-ring (bicyclic) bond motifs is 1. The van der Waals surface area contributed by atoms with Gasteiger partial charge in [0.15, 0.2) is 0 Å². The Kier molecular flexibility index (Phi) is 1.81. The second kappa shape index (κ2) is 2.99. The normalized spacial score (nSPS) is 19.1. The minimum atomic E-state index is -1.31. The van der Waals surface area contributed by atoms with Gasteiger partial charge < -0.3 is 15.8 Å². The van der Waals surface area contributed by atoms with Crippen molar-refractivity contribution in [3.05, 3.63) is 18.3 Å². The van der Waals surface area contributed by atoms with Crippen LogP contribution in [0.3, 0.4) is 0 Å². The summed E-state index contributed by atoms with van der Waals surface area (Å²) < 4.78 is 4.99. The van der Waals surface area contributed by atoms with E-state index in [0.717, 1.165) is 0 Å². The minimum Gasteiger partial charge on any atom is -0.452 e. The molecule has 0 aliphatic carbocycles. The molecule has 0 saturated heterocycles. The molecule has 1 aromatic heterocycles. The van der Waals surface area contributed by atoms with Gasteiger partial charge in [-0.25, -0.2) is 4.98 Å². The van der Waals surface area contributed by atoms with E-state index in [1.54, 1.807) is 0 Å². The molecule has 71 valence electrons. The van der Waals surface area contributed by atoms with Crippen molar-refractivity contribution < 1.29 is 14.3 Å². The Balaban J connectivity index is 2.36. The van der Waals surface area contributed by atoms with Gasteiger partial charge in [-0.05, 0) is 6.07 Å². The molecule has 0 bridgehead atoms. The maximum absolute atomic E-state index is 11.2. The number of rotatable bonds is 1. The maximum Gasteiger partial charge on any atom is 0.275 e. The smallest absolute Gasteiger partial charge is 0.275 e. The predicted molar refractivity (Wildman–Crippen MR) is 45.3 cm³/mol. The van der Waals surface area contributed by atoms with Gasteiger partial charge in [0.2, 0.25) is 5.88 Å². The highest BCUT2D eigenvalue weighted by atomic mass is 16.5. The molecule has 6 heteroatoms. The number of nitrogens with one attached hydrogen (secondary N) is 1. The third-order valence-electron chi connectivity index (χ3n) is 1.70. The van der Waals surface area contributed by atoms with Crippen LogP contribution in [0.15, 0.2) is 12.3 Å². The molecule has 2 amide bonds. The lowest BCUT2D eigenvalue weighted by molar-refractivity contribution is -0.135. The summed E-state index contributed by atoms with van der Waals surface area (Å²) >= 11 is 0. The topological polar surface area (TPSA) is 94.3 Å². The van der Waals surface area contributed by atoms with E-state index in [4.69, 9.17) is 10.5 Å². The number of anilines is 1. The van der Waals surface area contributed by atoms with Gasteiger partial charge in [-0.1, -0.05) is 0 Å². The molecule has 2 heterocycles. The lowest BCUT2D eigenvalue weighted by Crippen LogP contribution is -2.46. The fraction of sp³-hybridized carbons (Fsp3) is 0.125. The van der Waals surface area contributed by atoms with E-state index in [0.29, 0.717) is 5.69 Å². The number of pyridine rings is 1. The van der Waals surface area contributed by atoms with Gasteiger partial charge in [0.1, 0.15) is 5.69 Å². The van der Waals surface area contributed by atoms with Crippen molar-refractivity contribution in [3.63, 3.8) is 0 Å². The van der Waals surface area contributed by atoms with Gasteiger partial charge >= 0.3 is 0 Å². The van der Waals surface area contributed by atoms with Crippen LogP contribution in [0.2, 0.25) is 0 Å². The van der Waals surface area contributed by atoms with Crippen LogP contribution in [0.25, 0.3) is 0 Å². The van der Waals surface area contributed by atoms with Crippen LogP contribution in [-0.4, -0.2) is 22.9 Å². The van der Waals surface area contributed by atoms with E-state index in [1.165, 1.54) is 12.3 Å². The highest BCUT2D eigenvalue weighted by Crippen LogP contribution is 2.25. The van der Waals surface area contributed by atoms with Gasteiger partial charge in [0, 0.05) is 12.3 Å². The second-order valence-corrected chi connectivity index (χ2v) is 2.68. The van der Waals surface area contributed by atoms with Gasteiger partial charge in [0.05, 0.1) is 0 Å². The number of aromatic nitrogens is 1. The quantitative estimate of drug-likeness (QED) is 0.562. The van der Waals surface area contributed by atoms with E-state index >= 15 is 0 Å². The van der Waals surface area contributed by atoms with Crippen molar-refractivity contribution in [2.45, 2.75) is 6.10 Å². The fourth-order valence-electron chi connectivity index (χ4n) is 1.08. The van der Waals surface area contributed by atoms with Gasteiger partial charge in [-0.15, -0.1) is 0 Å². The van der Waals surface area contributed by atoms with Gasteiger partial charge in [0.25, 0.3) is 17.9 Å². The standard InChI is InChI=1S/C8H6N3O3/c9-6(12)5-7(13)11-4-2-1-3-10-8(4)14-5/h2-3,5H,(H2,9,12)(H,11,13). The molecule has 1 unspecified atom stereocenters. The lowest BCUT2D eigenvalue weighted by Gasteiger charge is -2.21. The number of nitrogens with zero attached hydrogens (tertiary/aromatic N) is 1. The summed E-state index contributed by atoms with van der Waals surface area (Å²) in [4.78, 5) is 25.8. The number of hydrogen-bond acceptors (Lipinski definition) is 4. The van der Waals surface area contributed by atoms with Crippen LogP contribution in [0, 0.1) is 6.07 Å². The summed E-state index contributed by atoms with van der Waals surface area (Å²) in [5.41, 5.74) is 5.34. The second-order valence-electron chi connectivity index (χ2n) is 2.68. The molecule has 6 nitrogen and oxygen atoms in total. The lowest BCUT2D eigenvalue weighted by atomic mass is 10.2. The molecule has 2 rings (SSSR count). The number of carbonyl (C=O) groups is 2. The summed E-state index contributed by atoms with van der Waals surface area (Å²) in [6.45, 7) is 0. The third-order valence-corrected chi connectivity index (χ3v) is 1.70. The maximum atomic E-state index is 11.2. The third kappa shape index (κ3) is 1.26. The first-order valence-corrected chi connectivity index (χ1v) is 3.81. The Labute approximate surface area is 79.1 Å². The molecule has 1 radical (unpaired) electrons. The number of amides is 2. The molecule has 1 aliphatic rings. The van der Waals surface area contributed by atoms with Crippen LogP contribution in [0.1, 0.15) is 0 Å². The van der Waals surface area contributed by atoms with Crippen LogP contribution in [0.4, 0.5) is 5.69 Å². The molecular weight excluding hydrogens is 186 g/mol. The summed E-state index contributed by atoms with van der Waals surface area (Å²) in [5.74, 6) is -1.26. The van der Waals surface area contributed by atoms with Crippen molar-refractivity contribution in [3.8, 4) is 5.88 Å². The minimum absolute atomic E-state index is 0.173. The van der Waals surface area contributed by atoms with Gasteiger partial charge in [-0.3, -0.25) is 9.59 Å². The highest BCUT2D eigenvalue weighted by Gasteiger charge is 2.32. The molecule has 14 heavy (non-hydrogen) atoms. The van der Waals surface area contributed by atoms with E-state index in [-0.39, 0.29) is 5.88 Å². The van der Waals surface area contributed by atoms with Crippen molar-refractivity contribution in [2.75, 3.05) is 5.32 Å². The van der Waals surface area contributed by atoms with Crippen molar-refractivity contribution in [1.29, 1.82) is 0 Å². The average Bonchev–Trinajstić information content (AvgIpc) is 2.16. The number of primary amides is 1. The largest absolute Gasteiger partial charge is 0.452 e. The molecule has 0 aromatic carbocycles. The Hall–Kier alpha value is -2.11. The number of nitrogens with two attached hydrogens (primary N) is 1. The zero-order chi connectivity index (χ0) is 10.1. The number of carbonyl (C=O) groups excluding carboxylic acids is 2. The zero-order valence-electron chi connectivity index (χ0n) is 6.98. The highest BCUT2D eigenvalue weighted by molar-refractivity contribution is 6.10. The first-order valence-electron chi connectivity index (χ1n) is 3.81. The molecule has 1 aliphatic heterocycles. The Morgan fingerprint density at radius 3 is 3.21 bits per heavy atom. The SMILES string of the molecule is NC(=O)C1Oc2nc[c]cc2NC1=O. The molecule has 0 fully saturated rings. The van der Waals surface area contributed by atoms with Gasteiger partial charge in [-0.2, -0.15) is 0 Å². The molecule has 3 N–H and O–H groups in total. The fourth-order valence-corrected chi connectivity index (χ4v) is 1.08. The monoisotopic (exact) mass is 192 g/mol.